The van der Waals surface area contributed by atoms with Gasteiger partial charge in [-0.2, -0.15) is 21.6 Å². The number of ketones is 1. The third-order valence-electron chi connectivity index (χ3n) is 4.22. The lowest BCUT2D eigenvalue weighted by Gasteiger charge is -2.42. The molecular formula is C15H20F3NO6S. The summed E-state index contributed by atoms with van der Waals surface area (Å²) < 4.78 is 69.4. The van der Waals surface area contributed by atoms with E-state index in [0.717, 1.165) is 12.1 Å². The van der Waals surface area contributed by atoms with Crippen molar-refractivity contribution in [2.45, 2.75) is 43.5 Å². The molecule has 7 nitrogen and oxygen atoms in total. The third kappa shape index (κ3) is 5.48. The molecule has 0 amide bonds. The number of aliphatic hydroxyl groups is 1. The maximum atomic E-state index is 12.6. The number of hydrogen-bond acceptors (Lipinski definition) is 5. The first-order chi connectivity index (χ1) is 11.6. The molecular weight excluding hydrogens is 379 g/mol. The van der Waals surface area contributed by atoms with E-state index in [2.05, 4.69) is 5.32 Å². The van der Waals surface area contributed by atoms with Gasteiger partial charge in [-0.1, -0.05) is 12.1 Å². The SMILES string of the molecule is CN[C@@]1(c2ccc(C(F)(F)F)cc2)CCC[C@](C)(O)C1=O.O=S(=O)(O)O. The van der Waals surface area contributed by atoms with Crippen LogP contribution in [0.5, 0.6) is 0 Å². The van der Waals surface area contributed by atoms with E-state index in [0.29, 0.717) is 24.8 Å². The first-order valence-corrected chi connectivity index (χ1v) is 8.87. The summed E-state index contributed by atoms with van der Waals surface area (Å²) in [5, 5.41) is 13.1. The van der Waals surface area contributed by atoms with Crippen molar-refractivity contribution in [3.8, 4) is 0 Å². The highest BCUT2D eigenvalue weighted by atomic mass is 32.3. The number of likely N-dealkylation sites (N-methyl/N-ethyl adjacent to an activating group) is 1. The Morgan fingerprint density at radius 1 is 1.12 bits per heavy atom. The first-order valence-electron chi connectivity index (χ1n) is 7.47. The van der Waals surface area contributed by atoms with Crippen LogP contribution >= 0.6 is 0 Å². The van der Waals surface area contributed by atoms with Crippen molar-refractivity contribution in [3.63, 3.8) is 0 Å². The van der Waals surface area contributed by atoms with Gasteiger partial charge in [0.05, 0.1) is 5.56 Å². The summed E-state index contributed by atoms with van der Waals surface area (Å²) in [4.78, 5) is 12.5. The molecule has 0 saturated heterocycles. The number of carbonyl (C=O) groups excluding carboxylic acids is 1. The fourth-order valence-electron chi connectivity index (χ4n) is 2.99. The van der Waals surface area contributed by atoms with Crippen molar-refractivity contribution in [2.75, 3.05) is 7.05 Å². The lowest BCUT2D eigenvalue weighted by molar-refractivity contribution is -0.148. The highest BCUT2D eigenvalue weighted by molar-refractivity contribution is 7.79. The summed E-state index contributed by atoms with van der Waals surface area (Å²) in [5.41, 5.74) is -2.91. The second-order valence-electron chi connectivity index (χ2n) is 6.13. The molecule has 148 valence electrons. The van der Waals surface area contributed by atoms with Gasteiger partial charge in [-0.15, -0.1) is 0 Å². The molecule has 1 aromatic carbocycles. The Morgan fingerprint density at radius 3 is 1.96 bits per heavy atom. The molecule has 2 atom stereocenters. The Hall–Kier alpha value is -1.53. The molecule has 0 heterocycles. The van der Waals surface area contributed by atoms with Crippen LogP contribution in [0.15, 0.2) is 24.3 Å². The van der Waals surface area contributed by atoms with E-state index >= 15 is 0 Å². The molecule has 1 fully saturated rings. The molecule has 0 aromatic heterocycles. The normalized spacial score (nSPS) is 26.8. The Bertz CT molecular complexity index is 738. The second-order valence-corrected chi connectivity index (χ2v) is 7.03. The van der Waals surface area contributed by atoms with E-state index in [1.165, 1.54) is 19.1 Å². The van der Waals surface area contributed by atoms with Crippen LogP contribution in [-0.2, 0) is 26.9 Å². The summed E-state index contributed by atoms with van der Waals surface area (Å²) >= 11 is 0. The molecule has 26 heavy (non-hydrogen) atoms. The largest absolute Gasteiger partial charge is 0.416 e. The summed E-state index contributed by atoms with van der Waals surface area (Å²) in [6, 6.07) is 4.54. The van der Waals surface area contributed by atoms with Gasteiger partial charge in [0.15, 0.2) is 5.78 Å². The number of halogens is 3. The van der Waals surface area contributed by atoms with Crippen LogP contribution in [0.4, 0.5) is 13.2 Å². The van der Waals surface area contributed by atoms with Crippen LogP contribution in [-0.4, -0.2) is 41.1 Å². The molecule has 1 saturated carbocycles. The van der Waals surface area contributed by atoms with E-state index in [1.807, 2.05) is 0 Å². The van der Waals surface area contributed by atoms with Crippen LogP contribution < -0.4 is 5.32 Å². The smallest absolute Gasteiger partial charge is 0.382 e. The fourth-order valence-corrected chi connectivity index (χ4v) is 2.99. The summed E-state index contributed by atoms with van der Waals surface area (Å²) in [6.07, 6.45) is -2.99. The Labute approximate surface area is 148 Å². The van der Waals surface area contributed by atoms with Crippen molar-refractivity contribution in [2.24, 2.45) is 0 Å². The number of hydrogen-bond donors (Lipinski definition) is 4. The zero-order valence-corrected chi connectivity index (χ0v) is 14.9. The molecule has 0 bridgehead atoms. The Morgan fingerprint density at radius 2 is 1.58 bits per heavy atom. The monoisotopic (exact) mass is 399 g/mol. The van der Waals surface area contributed by atoms with Gasteiger partial charge in [0, 0.05) is 0 Å². The molecule has 1 aromatic rings. The van der Waals surface area contributed by atoms with Crippen molar-refractivity contribution >= 4 is 16.2 Å². The minimum atomic E-state index is -4.67. The van der Waals surface area contributed by atoms with Gasteiger partial charge in [-0.25, -0.2) is 0 Å². The van der Waals surface area contributed by atoms with Gasteiger partial charge in [-0.3, -0.25) is 13.9 Å². The zero-order valence-electron chi connectivity index (χ0n) is 14.0. The number of benzene rings is 1. The van der Waals surface area contributed by atoms with Crippen molar-refractivity contribution < 1.29 is 40.6 Å². The topological polar surface area (TPSA) is 124 Å². The molecule has 0 aliphatic heterocycles. The van der Waals surface area contributed by atoms with Gasteiger partial charge in [0.25, 0.3) is 0 Å². The highest BCUT2D eigenvalue weighted by Gasteiger charge is 2.50. The molecule has 0 spiro atoms. The molecule has 2 rings (SSSR count). The van der Waals surface area contributed by atoms with Crippen LogP contribution in [0.3, 0.4) is 0 Å². The Kier molecular flexibility index (Phi) is 6.59. The van der Waals surface area contributed by atoms with Gasteiger partial charge >= 0.3 is 16.6 Å². The number of rotatable bonds is 2. The zero-order chi connectivity index (χ0) is 20.4. The molecule has 0 unspecified atom stereocenters. The van der Waals surface area contributed by atoms with Crippen LogP contribution in [0.25, 0.3) is 0 Å². The minimum absolute atomic E-state index is 0.357. The lowest BCUT2D eigenvalue weighted by Crippen LogP contribution is -2.59. The Balaban J connectivity index is 0.000000597. The van der Waals surface area contributed by atoms with Gasteiger partial charge in [0.2, 0.25) is 0 Å². The van der Waals surface area contributed by atoms with E-state index in [4.69, 9.17) is 17.5 Å². The van der Waals surface area contributed by atoms with E-state index in [1.54, 1.807) is 7.05 Å². The number of carbonyl (C=O) groups is 1. The van der Waals surface area contributed by atoms with E-state index in [-0.39, 0.29) is 0 Å². The van der Waals surface area contributed by atoms with E-state index < -0.39 is 39.1 Å². The number of Topliss-reactive ketones (excluding diaryl/α,β-unsaturated/α-hetero) is 1. The highest BCUT2D eigenvalue weighted by Crippen LogP contribution is 2.39. The molecule has 11 heteroatoms. The molecule has 0 radical (unpaired) electrons. The quantitative estimate of drug-likeness (QED) is 0.561. The van der Waals surface area contributed by atoms with Crippen molar-refractivity contribution in [3.05, 3.63) is 35.4 Å². The average molecular weight is 399 g/mol. The first kappa shape index (κ1) is 22.5. The van der Waals surface area contributed by atoms with Crippen molar-refractivity contribution in [1.82, 2.24) is 5.32 Å². The van der Waals surface area contributed by atoms with Crippen LogP contribution in [0, 0.1) is 0 Å². The predicted octanol–water partition coefficient (Wildman–Crippen LogP) is 1.97. The molecule has 4 N–H and O–H groups in total. The summed E-state index contributed by atoms with van der Waals surface area (Å²) in [5.74, 6) is -0.400. The third-order valence-corrected chi connectivity index (χ3v) is 4.22. The predicted molar refractivity (Wildman–Crippen MR) is 85.8 cm³/mol. The van der Waals surface area contributed by atoms with Gasteiger partial charge in [-0.05, 0) is 50.9 Å². The standard InChI is InChI=1S/C15H18F3NO2.H2O4S/c1-13(21)8-3-9-14(19-2,12(13)20)10-4-6-11(7-5-10)15(16,17)18;1-5(2,3)4/h4-7,19,21H,3,8-9H2,1-2H3;(H2,1,2,3,4)/t13-,14+;/m0./s1. The maximum absolute atomic E-state index is 12.6. The van der Waals surface area contributed by atoms with Crippen molar-refractivity contribution in [1.29, 1.82) is 0 Å². The van der Waals surface area contributed by atoms with E-state index in [9.17, 15) is 23.1 Å². The molecule has 1 aliphatic rings. The lowest BCUT2D eigenvalue weighted by atomic mass is 9.69. The number of alkyl halides is 3. The van der Waals surface area contributed by atoms with Crippen LogP contribution in [0.2, 0.25) is 0 Å². The minimum Gasteiger partial charge on any atom is -0.382 e. The van der Waals surface area contributed by atoms with Crippen LogP contribution in [0.1, 0.15) is 37.3 Å². The maximum Gasteiger partial charge on any atom is 0.416 e. The average Bonchev–Trinajstić information content (AvgIpc) is 2.48. The summed E-state index contributed by atoms with van der Waals surface area (Å²) in [7, 11) is -3.09. The summed E-state index contributed by atoms with van der Waals surface area (Å²) in [6.45, 7) is 1.45. The fraction of sp³-hybridized carbons (Fsp3) is 0.533. The molecule has 1 aliphatic carbocycles. The van der Waals surface area contributed by atoms with Gasteiger partial charge < -0.3 is 10.4 Å². The number of nitrogens with one attached hydrogen (secondary N) is 1. The second kappa shape index (κ2) is 7.61. The van der Waals surface area contributed by atoms with Gasteiger partial charge in [0.1, 0.15) is 11.1 Å².